The zero-order chi connectivity index (χ0) is 11.4. The van der Waals surface area contributed by atoms with E-state index >= 15 is 0 Å². The second kappa shape index (κ2) is 5.13. The van der Waals surface area contributed by atoms with Gasteiger partial charge >= 0.3 is 0 Å². The van der Waals surface area contributed by atoms with Gasteiger partial charge < -0.3 is 0 Å². The Kier molecular flexibility index (Phi) is 3.58. The van der Waals surface area contributed by atoms with Crippen LogP contribution in [0.5, 0.6) is 0 Å². The van der Waals surface area contributed by atoms with Gasteiger partial charge in [-0.3, -0.25) is 0 Å². The van der Waals surface area contributed by atoms with Crippen LogP contribution in [0.1, 0.15) is 11.1 Å². The van der Waals surface area contributed by atoms with Crippen molar-refractivity contribution >= 4 is 11.6 Å². The Morgan fingerprint density at radius 3 is 2.50 bits per heavy atom. The lowest BCUT2D eigenvalue weighted by Crippen LogP contribution is -1.94. The lowest BCUT2D eigenvalue weighted by molar-refractivity contribution is 0.608. The first-order chi connectivity index (χ1) is 7.75. The van der Waals surface area contributed by atoms with Gasteiger partial charge in [0.1, 0.15) is 5.82 Å². The van der Waals surface area contributed by atoms with E-state index in [2.05, 4.69) is 0 Å². The molecule has 2 rings (SSSR count). The van der Waals surface area contributed by atoms with Crippen molar-refractivity contribution in [2.45, 2.75) is 12.8 Å². The third kappa shape index (κ3) is 2.83. The largest absolute Gasteiger partial charge is 0.207 e. The summed E-state index contributed by atoms with van der Waals surface area (Å²) in [6, 6.07) is 14.6. The molecule has 0 fully saturated rings. The molecule has 2 heteroatoms. The summed E-state index contributed by atoms with van der Waals surface area (Å²) in [7, 11) is 0. The SMILES string of the molecule is Fc1ccccc1CCc1cccc(Cl)c1. The molecule has 82 valence electrons. The summed E-state index contributed by atoms with van der Waals surface area (Å²) in [5, 5.41) is 0.728. The molecule has 2 aromatic carbocycles. The van der Waals surface area contributed by atoms with E-state index in [9.17, 15) is 4.39 Å². The molecule has 0 aliphatic heterocycles. The average Bonchev–Trinajstić information content (AvgIpc) is 2.28. The summed E-state index contributed by atoms with van der Waals surface area (Å²) in [6.07, 6.45) is 1.51. The molecule has 0 N–H and O–H groups in total. The molecule has 0 nitrogen and oxygen atoms in total. The van der Waals surface area contributed by atoms with Crippen LogP contribution in [0.25, 0.3) is 0 Å². The second-order valence-corrected chi connectivity index (χ2v) is 4.16. The Labute approximate surface area is 99.7 Å². The molecule has 0 atom stereocenters. The minimum absolute atomic E-state index is 0.135. The van der Waals surface area contributed by atoms with Crippen molar-refractivity contribution in [2.24, 2.45) is 0 Å². The van der Waals surface area contributed by atoms with E-state index in [1.165, 1.54) is 6.07 Å². The molecule has 0 saturated heterocycles. The maximum atomic E-state index is 13.3. The molecular weight excluding hydrogens is 223 g/mol. The summed E-state index contributed by atoms with van der Waals surface area (Å²) < 4.78 is 13.3. The molecule has 0 bridgehead atoms. The maximum Gasteiger partial charge on any atom is 0.126 e. The first-order valence-corrected chi connectivity index (χ1v) is 5.61. The second-order valence-electron chi connectivity index (χ2n) is 3.72. The van der Waals surface area contributed by atoms with Crippen LogP contribution in [0, 0.1) is 5.82 Å². The quantitative estimate of drug-likeness (QED) is 0.744. The van der Waals surface area contributed by atoms with Crippen LogP contribution in [-0.4, -0.2) is 0 Å². The zero-order valence-corrected chi connectivity index (χ0v) is 9.54. The van der Waals surface area contributed by atoms with E-state index in [1.807, 2.05) is 36.4 Å². The van der Waals surface area contributed by atoms with Gasteiger partial charge in [0.25, 0.3) is 0 Å². The van der Waals surface area contributed by atoms with E-state index in [1.54, 1.807) is 6.07 Å². The summed E-state index contributed by atoms with van der Waals surface area (Å²) in [5.74, 6) is -0.135. The molecule has 0 spiro atoms. The monoisotopic (exact) mass is 234 g/mol. The molecule has 0 aromatic heterocycles. The van der Waals surface area contributed by atoms with E-state index in [4.69, 9.17) is 11.6 Å². The Bertz CT molecular complexity index is 480. The van der Waals surface area contributed by atoms with Gasteiger partial charge in [0.15, 0.2) is 0 Å². The smallest absolute Gasteiger partial charge is 0.126 e. The lowest BCUT2D eigenvalue weighted by atomic mass is 10.0. The molecule has 0 unspecified atom stereocenters. The zero-order valence-electron chi connectivity index (χ0n) is 8.79. The van der Waals surface area contributed by atoms with E-state index in [-0.39, 0.29) is 5.82 Å². The van der Waals surface area contributed by atoms with Crippen molar-refractivity contribution in [1.82, 2.24) is 0 Å². The van der Waals surface area contributed by atoms with Crippen molar-refractivity contribution in [3.05, 3.63) is 70.5 Å². The molecule has 16 heavy (non-hydrogen) atoms. The Morgan fingerprint density at radius 2 is 1.75 bits per heavy atom. The summed E-state index contributed by atoms with van der Waals surface area (Å²) in [5.41, 5.74) is 1.89. The van der Waals surface area contributed by atoms with Gasteiger partial charge in [0.2, 0.25) is 0 Å². The molecule has 0 aliphatic carbocycles. The summed E-state index contributed by atoms with van der Waals surface area (Å²) in [4.78, 5) is 0. The van der Waals surface area contributed by atoms with Crippen LogP contribution in [0.4, 0.5) is 4.39 Å². The van der Waals surface area contributed by atoms with Gasteiger partial charge in [0.05, 0.1) is 0 Å². The highest BCUT2D eigenvalue weighted by molar-refractivity contribution is 6.30. The predicted octanol–water partition coefficient (Wildman–Crippen LogP) is 4.26. The van der Waals surface area contributed by atoms with Crippen molar-refractivity contribution in [2.75, 3.05) is 0 Å². The van der Waals surface area contributed by atoms with E-state index < -0.39 is 0 Å². The third-order valence-electron chi connectivity index (χ3n) is 2.53. The molecule has 2 aromatic rings. The maximum absolute atomic E-state index is 13.3. The van der Waals surface area contributed by atoms with Gasteiger partial charge in [-0.05, 0) is 42.2 Å². The number of rotatable bonds is 3. The Balaban J connectivity index is 2.05. The van der Waals surface area contributed by atoms with Crippen molar-refractivity contribution < 1.29 is 4.39 Å². The Morgan fingerprint density at radius 1 is 0.938 bits per heavy atom. The standard InChI is InChI=1S/C14H12ClF/c15-13-6-3-4-11(10-13)8-9-12-5-1-2-7-14(12)16/h1-7,10H,8-9H2. The number of hydrogen-bond donors (Lipinski definition) is 0. The molecular formula is C14H12ClF. The number of halogens is 2. The van der Waals surface area contributed by atoms with E-state index in [0.717, 1.165) is 22.6 Å². The van der Waals surface area contributed by atoms with Gasteiger partial charge in [0, 0.05) is 5.02 Å². The Hall–Kier alpha value is -1.34. The van der Waals surface area contributed by atoms with Crippen molar-refractivity contribution in [3.63, 3.8) is 0 Å². The van der Waals surface area contributed by atoms with Crippen LogP contribution in [0.2, 0.25) is 5.02 Å². The average molecular weight is 235 g/mol. The van der Waals surface area contributed by atoms with Crippen molar-refractivity contribution in [1.29, 1.82) is 0 Å². The highest BCUT2D eigenvalue weighted by Gasteiger charge is 2.01. The molecule has 0 aliphatic rings. The first-order valence-electron chi connectivity index (χ1n) is 5.23. The van der Waals surface area contributed by atoms with Crippen LogP contribution in [-0.2, 0) is 12.8 Å². The molecule has 0 heterocycles. The van der Waals surface area contributed by atoms with Crippen LogP contribution < -0.4 is 0 Å². The topological polar surface area (TPSA) is 0 Å². The third-order valence-corrected chi connectivity index (χ3v) is 2.76. The molecule has 0 radical (unpaired) electrons. The van der Waals surface area contributed by atoms with Gasteiger partial charge in [-0.1, -0.05) is 41.9 Å². The fourth-order valence-electron chi connectivity index (χ4n) is 1.67. The highest BCUT2D eigenvalue weighted by Crippen LogP contribution is 2.14. The van der Waals surface area contributed by atoms with Gasteiger partial charge in [-0.25, -0.2) is 4.39 Å². The summed E-state index contributed by atoms with van der Waals surface area (Å²) in [6.45, 7) is 0. The fraction of sp³-hybridized carbons (Fsp3) is 0.143. The fourth-order valence-corrected chi connectivity index (χ4v) is 1.89. The van der Waals surface area contributed by atoms with Crippen LogP contribution in [0.3, 0.4) is 0 Å². The summed E-state index contributed by atoms with van der Waals surface area (Å²) >= 11 is 5.88. The molecule has 0 saturated carbocycles. The van der Waals surface area contributed by atoms with Crippen molar-refractivity contribution in [3.8, 4) is 0 Å². The number of aryl methyl sites for hydroxylation is 2. The minimum Gasteiger partial charge on any atom is -0.207 e. The van der Waals surface area contributed by atoms with Crippen LogP contribution in [0.15, 0.2) is 48.5 Å². The van der Waals surface area contributed by atoms with Crippen LogP contribution >= 0.6 is 11.6 Å². The normalized spacial score (nSPS) is 10.4. The number of hydrogen-bond acceptors (Lipinski definition) is 0. The van der Waals surface area contributed by atoms with Gasteiger partial charge in [-0.2, -0.15) is 0 Å². The lowest BCUT2D eigenvalue weighted by Gasteiger charge is -2.03. The predicted molar refractivity (Wildman–Crippen MR) is 65.3 cm³/mol. The van der Waals surface area contributed by atoms with E-state index in [0.29, 0.717) is 6.42 Å². The van der Waals surface area contributed by atoms with Gasteiger partial charge in [-0.15, -0.1) is 0 Å². The number of benzene rings is 2. The minimum atomic E-state index is -0.135. The molecule has 0 amide bonds. The highest BCUT2D eigenvalue weighted by atomic mass is 35.5. The first kappa shape index (κ1) is 11.2.